The summed E-state index contributed by atoms with van der Waals surface area (Å²) in [5, 5.41) is 3.23. The van der Waals surface area contributed by atoms with Crippen molar-refractivity contribution in [3.63, 3.8) is 0 Å². The lowest BCUT2D eigenvalue weighted by Crippen LogP contribution is -2.37. The standard InChI is InChI=1S/C15H22N2O3S/c1-17(11-13-4-2-3-9-20-13)21(18,19)14-6-5-12-7-8-16-15(12)10-14/h5-6,10,13,16H,2-4,7-9,11H2,1H3. The van der Waals surface area contributed by atoms with Crippen molar-refractivity contribution in [2.24, 2.45) is 0 Å². The van der Waals surface area contributed by atoms with Gasteiger partial charge in [0.2, 0.25) is 10.0 Å². The highest BCUT2D eigenvalue weighted by molar-refractivity contribution is 7.89. The fourth-order valence-electron chi connectivity index (χ4n) is 2.95. The molecule has 1 atom stereocenters. The Bertz CT molecular complexity index is 609. The third kappa shape index (κ3) is 3.07. The van der Waals surface area contributed by atoms with Crippen LogP contribution in [-0.4, -0.2) is 45.6 Å². The molecule has 1 fully saturated rings. The SMILES string of the molecule is CN(CC1CCCCO1)S(=O)(=O)c1ccc2c(c1)NCC2. The lowest BCUT2D eigenvalue weighted by molar-refractivity contribution is 0.00858. The van der Waals surface area contributed by atoms with Gasteiger partial charge >= 0.3 is 0 Å². The van der Waals surface area contributed by atoms with Crippen LogP contribution in [0.1, 0.15) is 24.8 Å². The van der Waals surface area contributed by atoms with Gasteiger partial charge in [0.1, 0.15) is 0 Å². The summed E-state index contributed by atoms with van der Waals surface area (Å²) in [4.78, 5) is 0.356. The van der Waals surface area contributed by atoms with Crippen molar-refractivity contribution in [3.05, 3.63) is 23.8 Å². The van der Waals surface area contributed by atoms with Gasteiger partial charge in [0.25, 0.3) is 0 Å². The molecule has 0 bridgehead atoms. The minimum absolute atomic E-state index is 0.0195. The van der Waals surface area contributed by atoms with Gasteiger partial charge in [0.15, 0.2) is 0 Å². The molecule has 0 aliphatic carbocycles. The average molecular weight is 310 g/mol. The number of ether oxygens (including phenoxy) is 1. The molecule has 5 nitrogen and oxygen atoms in total. The molecule has 1 unspecified atom stereocenters. The first-order valence-corrected chi connectivity index (χ1v) is 8.96. The Morgan fingerprint density at radius 3 is 3.00 bits per heavy atom. The van der Waals surface area contributed by atoms with Gasteiger partial charge < -0.3 is 10.1 Å². The van der Waals surface area contributed by atoms with Crippen LogP contribution in [0.2, 0.25) is 0 Å². The third-order valence-electron chi connectivity index (χ3n) is 4.23. The summed E-state index contributed by atoms with van der Waals surface area (Å²) in [6.07, 6.45) is 4.10. The number of nitrogens with zero attached hydrogens (tertiary/aromatic N) is 1. The lowest BCUT2D eigenvalue weighted by atomic mass is 10.1. The number of anilines is 1. The summed E-state index contributed by atoms with van der Waals surface area (Å²) in [6, 6.07) is 5.36. The van der Waals surface area contributed by atoms with E-state index in [1.807, 2.05) is 6.07 Å². The van der Waals surface area contributed by atoms with E-state index in [-0.39, 0.29) is 6.10 Å². The minimum atomic E-state index is -3.45. The first-order chi connectivity index (χ1) is 10.1. The molecular formula is C15H22N2O3S. The topological polar surface area (TPSA) is 58.6 Å². The van der Waals surface area contributed by atoms with Gasteiger partial charge in [-0.25, -0.2) is 8.42 Å². The van der Waals surface area contributed by atoms with Crippen molar-refractivity contribution < 1.29 is 13.2 Å². The van der Waals surface area contributed by atoms with Crippen LogP contribution in [0.4, 0.5) is 5.69 Å². The van der Waals surface area contributed by atoms with Crippen molar-refractivity contribution in [1.29, 1.82) is 0 Å². The second-order valence-corrected chi connectivity index (χ2v) is 7.81. The van der Waals surface area contributed by atoms with Crippen molar-refractivity contribution in [2.75, 3.05) is 32.1 Å². The Morgan fingerprint density at radius 2 is 2.24 bits per heavy atom. The van der Waals surface area contributed by atoms with E-state index in [9.17, 15) is 8.42 Å². The zero-order valence-corrected chi connectivity index (χ0v) is 13.2. The van der Waals surface area contributed by atoms with E-state index < -0.39 is 10.0 Å². The Labute approximate surface area is 126 Å². The van der Waals surface area contributed by atoms with Crippen LogP contribution in [0, 0.1) is 0 Å². The van der Waals surface area contributed by atoms with E-state index in [0.717, 1.165) is 44.5 Å². The van der Waals surface area contributed by atoms with Crippen LogP contribution in [0.5, 0.6) is 0 Å². The van der Waals surface area contributed by atoms with Crippen LogP contribution in [0.25, 0.3) is 0 Å². The van der Waals surface area contributed by atoms with Gasteiger partial charge in [0.05, 0.1) is 11.0 Å². The summed E-state index contributed by atoms with van der Waals surface area (Å²) >= 11 is 0. The molecule has 0 radical (unpaired) electrons. The van der Waals surface area contributed by atoms with Gasteiger partial charge in [-0.05, 0) is 43.4 Å². The fourth-order valence-corrected chi connectivity index (χ4v) is 4.18. The second-order valence-electron chi connectivity index (χ2n) is 5.77. The number of rotatable bonds is 4. The number of hydrogen-bond donors (Lipinski definition) is 1. The quantitative estimate of drug-likeness (QED) is 0.922. The zero-order valence-electron chi connectivity index (χ0n) is 12.3. The number of nitrogens with one attached hydrogen (secondary N) is 1. The molecule has 0 saturated carbocycles. The maximum absolute atomic E-state index is 12.6. The molecule has 2 aliphatic heterocycles. The predicted molar refractivity (Wildman–Crippen MR) is 82.0 cm³/mol. The van der Waals surface area contributed by atoms with Crippen LogP contribution in [0.3, 0.4) is 0 Å². The van der Waals surface area contributed by atoms with Crippen molar-refractivity contribution >= 4 is 15.7 Å². The van der Waals surface area contributed by atoms with E-state index in [2.05, 4.69) is 5.32 Å². The van der Waals surface area contributed by atoms with Crippen LogP contribution >= 0.6 is 0 Å². The molecule has 1 aromatic carbocycles. The zero-order chi connectivity index (χ0) is 14.9. The Balaban J connectivity index is 1.75. The third-order valence-corrected chi connectivity index (χ3v) is 6.05. The van der Waals surface area contributed by atoms with E-state index in [0.29, 0.717) is 11.4 Å². The van der Waals surface area contributed by atoms with Gasteiger partial charge in [-0.3, -0.25) is 0 Å². The largest absolute Gasteiger partial charge is 0.384 e. The molecule has 1 N–H and O–H groups in total. The molecule has 3 rings (SSSR count). The summed E-state index contributed by atoms with van der Waals surface area (Å²) in [6.45, 7) is 2.04. The molecule has 1 saturated heterocycles. The smallest absolute Gasteiger partial charge is 0.242 e. The van der Waals surface area contributed by atoms with E-state index in [1.165, 1.54) is 9.87 Å². The Morgan fingerprint density at radius 1 is 1.38 bits per heavy atom. The highest BCUT2D eigenvalue weighted by Crippen LogP contribution is 2.27. The molecule has 2 heterocycles. The number of sulfonamides is 1. The van der Waals surface area contributed by atoms with E-state index in [4.69, 9.17) is 4.74 Å². The van der Waals surface area contributed by atoms with Gasteiger partial charge in [-0.2, -0.15) is 4.31 Å². The second kappa shape index (κ2) is 5.94. The van der Waals surface area contributed by atoms with E-state index in [1.54, 1.807) is 19.2 Å². The number of hydrogen-bond acceptors (Lipinski definition) is 4. The highest BCUT2D eigenvalue weighted by Gasteiger charge is 2.26. The first kappa shape index (κ1) is 14.8. The van der Waals surface area contributed by atoms with Gasteiger partial charge in [-0.1, -0.05) is 6.07 Å². The van der Waals surface area contributed by atoms with Gasteiger partial charge in [-0.15, -0.1) is 0 Å². The summed E-state index contributed by atoms with van der Waals surface area (Å²) < 4.78 is 32.3. The number of likely N-dealkylation sites (N-methyl/N-ethyl adjacent to an activating group) is 1. The van der Waals surface area contributed by atoms with Crippen molar-refractivity contribution in [3.8, 4) is 0 Å². The molecule has 2 aliphatic rings. The maximum Gasteiger partial charge on any atom is 0.242 e. The fraction of sp³-hybridized carbons (Fsp3) is 0.600. The Kier molecular flexibility index (Phi) is 4.19. The molecule has 1 aromatic rings. The van der Waals surface area contributed by atoms with Crippen LogP contribution in [0.15, 0.2) is 23.1 Å². The van der Waals surface area contributed by atoms with Gasteiger partial charge in [0, 0.05) is 32.4 Å². The highest BCUT2D eigenvalue weighted by atomic mass is 32.2. The summed E-state index contributed by atoms with van der Waals surface area (Å²) in [5.74, 6) is 0. The number of benzene rings is 1. The first-order valence-electron chi connectivity index (χ1n) is 7.52. The minimum Gasteiger partial charge on any atom is -0.384 e. The van der Waals surface area contributed by atoms with Crippen LogP contribution < -0.4 is 5.32 Å². The monoisotopic (exact) mass is 310 g/mol. The normalized spacial score (nSPS) is 22.1. The molecule has 0 aromatic heterocycles. The van der Waals surface area contributed by atoms with Crippen LogP contribution in [-0.2, 0) is 21.2 Å². The Hall–Kier alpha value is -1.11. The molecule has 116 valence electrons. The summed E-state index contributed by atoms with van der Waals surface area (Å²) in [7, 11) is -1.81. The van der Waals surface area contributed by atoms with E-state index >= 15 is 0 Å². The average Bonchev–Trinajstić information content (AvgIpc) is 2.95. The molecule has 21 heavy (non-hydrogen) atoms. The molecule has 0 amide bonds. The summed E-state index contributed by atoms with van der Waals surface area (Å²) in [5.41, 5.74) is 2.13. The predicted octanol–water partition coefficient (Wildman–Crippen LogP) is 1.84. The van der Waals surface area contributed by atoms with Crippen molar-refractivity contribution in [1.82, 2.24) is 4.31 Å². The lowest BCUT2D eigenvalue weighted by Gasteiger charge is -2.27. The maximum atomic E-state index is 12.6. The molecule has 6 heteroatoms. The molecular weight excluding hydrogens is 288 g/mol. The van der Waals surface area contributed by atoms with Crippen molar-refractivity contribution in [2.45, 2.75) is 36.7 Å². The number of fused-ring (bicyclic) bond motifs is 1. The molecule has 0 spiro atoms.